The van der Waals surface area contributed by atoms with E-state index in [0.29, 0.717) is 10.8 Å². The van der Waals surface area contributed by atoms with Gasteiger partial charge in [-0.3, -0.25) is 9.80 Å². The summed E-state index contributed by atoms with van der Waals surface area (Å²) in [5, 5.41) is 0. The van der Waals surface area contributed by atoms with Crippen LogP contribution in [0.2, 0.25) is 0 Å². The summed E-state index contributed by atoms with van der Waals surface area (Å²) in [6, 6.07) is 0. The van der Waals surface area contributed by atoms with Crippen molar-refractivity contribution in [2.45, 2.75) is 67.8 Å². The largest absolute Gasteiger partial charge is 0.345 e. The standard InChI is InChI=1S/C16H36N2O/c1-13(17(9)11-15(3,4)5)19-14(2)18(10)12-16(6,7)8/h13-14H,11-12H2,1-10H3. The van der Waals surface area contributed by atoms with Crippen molar-refractivity contribution in [3.8, 4) is 0 Å². The lowest BCUT2D eigenvalue weighted by atomic mass is 9.96. The highest BCUT2D eigenvalue weighted by atomic mass is 16.5. The van der Waals surface area contributed by atoms with Gasteiger partial charge in [-0.2, -0.15) is 0 Å². The Morgan fingerprint density at radius 1 is 0.737 bits per heavy atom. The second-order valence-electron chi connectivity index (χ2n) is 8.29. The topological polar surface area (TPSA) is 15.7 Å². The number of hydrogen-bond acceptors (Lipinski definition) is 3. The van der Waals surface area contributed by atoms with Gasteiger partial charge in [0, 0.05) is 13.1 Å². The van der Waals surface area contributed by atoms with E-state index in [9.17, 15) is 0 Å². The Morgan fingerprint density at radius 3 is 1.21 bits per heavy atom. The molecular formula is C16H36N2O. The molecule has 0 N–H and O–H groups in total. The molecule has 0 fully saturated rings. The lowest BCUT2D eigenvalue weighted by molar-refractivity contribution is -0.136. The number of rotatable bonds is 6. The van der Waals surface area contributed by atoms with Gasteiger partial charge in [0.25, 0.3) is 0 Å². The Hall–Kier alpha value is -0.120. The Labute approximate surface area is 121 Å². The summed E-state index contributed by atoms with van der Waals surface area (Å²) in [7, 11) is 4.26. The minimum Gasteiger partial charge on any atom is -0.345 e. The van der Waals surface area contributed by atoms with Gasteiger partial charge in [0.05, 0.1) is 0 Å². The van der Waals surface area contributed by atoms with Crippen LogP contribution >= 0.6 is 0 Å². The van der Waals surface area contributed by atoms with Gasteiger partial charge in [-0.1, -0.05) is 41.5 Å². The first-order valence-corrected chi connectivity index (χ1v) is 7.38. The van der Waals surface area contributed by atoms with E-state index < -0.39 is 0 Å². The van der Waals surface area contributed by atoms with Gasteiger partial charge in [0.15, 0.2) is 0 Å². The molecule has 3 nitrogen and oxygen atoms in total. The summed E-state index contributed by atoms with van der Waals surface area (Å²) in [4.78, 5) is 4.56. The van der Waals surface area contributed by atoms with Crippen molar-refractivity contribution in [3.63, 3.8) is 0 Å². The van der Waals surface area contributed by atoms with Crippen LogP contribution in [-0.2, 0) is 4.74 Å². The maximum atomic E-state index is 6.12. The highest BCUT2D eigenvalue weighted by molar-refractivity contribution is 4.70. The smallest absolute Gasteiger partial charge is 0.109 e. The van der Waals surface area contributed by atoms with E-state index in [0.717, 1.165) is 13.1 Å². The zero-order valence-electron chi connectivity index (χ0n) is 14.9. The molecule has 0 aromatic carbocycles. The van der Waals surface area contributed by atoms with Crippen molar-refractivity contribution in [2.75, 3.05) is 27.2 Å². The predicted octanol–water partition coefficient (Wildman–Crippen LogP) is 3.65. The van der Waals surface area contributed by atoms with Crippen molar-refractivity contribution in [1.29, 1.82) is 0 Å². The van der Waals surface area contributed by atoms with Crippen molar-refractivity contribution in [2.24, 2.45) is 10.8 Å². The highest BCUT2D eigenvalue weighted by Gasteiger charge is 2.22. The molecule has 2 unspecified atom stereocenters. The molecule has 0 saturated carbocycles. The average Bonchev–Trinajstić information content (AvgIpc) is 2.11. The molecule has 19 heavy (non-hydrogen) atoms. The lowest BCUT2D eigenvalue weighted by Gasteiger charge is -2.36. The van der Waals surface area contributed by atoms with Crippen molar-refractivity contribution in [1.82, 2.24) is 9.80 Å². The van der Waals surface area contributed by atoms with Crippen molar-refractivity contribution < 1.29 is 4.74 Å². The van der Waals surface area contributed by atoms with Crippen molar-refractivity contribution in [3.05, 3.63) is 0 Å². The summed E-state index contributed by atoms with van der Waals surface area (Å²) >= 11 is 0. The number of nitrogens with zero attached hydrogens (tertiary/aromatic N) is 2. The molecule has 0 aliphatic rings. The Kier molecular flexibility index (Phi) is 7.01. The quantitative estimate of drug-likeness (QED) is 0.686. The van der Waals surface area contributed by atoms with Gasteiger partial charge in [-0.25, -0.2) is 0 Å². The summed E-state index contributed by atoms with van der Waals surface area (Å²) in [6.45, 7) is 19.9. The van der Waals surface area contributed by atoms with Crippen LogP contribution in [0.25, 0.3) is 0 Å². The van der Waals surface area contributed by atoms with Gasteiger partial charge < -0.3 is 4.74 Å². The van der Waals surface area contributed by atoms with E-state index in [1.807, 2.05) is 0 Å². The van der Waals surface area contributed by atoms with Crippen LogP contribution in [0.3, 0.4) is 0 Å². The first-order chi connectivity index (χ1) is 8.32. The van der Waals surface area contributed by atoms with E-state index in [-0.39, 0.29) is 12.5 Å². The SMILES string of the molecule is CC(OC(C)N(C)CC(C)(C)C)N(C)CC(C)(C)C. The summed E-state index contributed by atoms with van der Waals surface area (Å²) in [6.07, 6.45) is 0.272. The molecule has 0 bridgehead atoms. The molecule has 0 saturated heterocycles. The summed E-state index contributed by atoms with van der Waals surface area (Å²) in [5.41, 5.74) is 0.597. The third-order valence-electron chi connectivity index (χ3n) is 3.08. The molecular weight excluding hydrogens is 236 g/mol. The fourth-order valence-electron chi connectivity index (χ4n) is 2.25. The molecule has 3 heteroatoms. The minimum absolute atomic E-state index is 0.136. The van der Waals surface area contributed by atoms with Crippen LogP contribution in [0.4, 0.5) is 0 Å². The number of hydrogen-bond donors (Lipinski definition) is 0. The first-order valence-electron chi connectivity index (χ1n) is 7.38. The monoisotopic (exact) mass is 272 g/mol. The maximum Gasteiger partial charge on any atom is 0.109 e. The van der Waals surface area contributed by atoms with Crippen LogP contribution in [0.1, 0.15) is 55.4 Å². The van der Waals surface area contributed by atoms with Crippen LogP contribution < -0.4 is 0 Å². The Morgan fingerprint density at radius 2 is 1.00 bits per heavy atom. The van der Waals surface area contributed by atoms with Gasteiger partial charge in [0.2, 0.25) is 0 Å². The van der Waals surface area contributed by atoms with E-state index in [2.05, 4.69) is 79.3 Å². The van der Waals surface area contributed by atoms with Crippen LogP contribution in [-0.4, -0.2) is 49.4 Å². The molecule has 0 aromatic heterocycles. The molecule has 0 spiro atoms. The van der Waals surface area contributed by atoms with E-state index in [1.165, 1.54) is 0 Å². The molecule has 0 aromatic rings. The third-order valence-corrected chi connectivity index (χ3v) is 3.08. The van der Waals surface area contributed by atoms with E-state index >= 15 is 0 Å². The van der Waals surface area contributed by atoms with Gasteiger partial charge >= 0.3 is 0 Å². The minimum atomic E-state index is 0.136. The van der Waals surface area contributed by atoms with E-state index in [4.69, 9.17) is 4.74 Å². The predicted molar refractivity (Wildman–Crippen MR) is 84.2 cm³/mol. The third kappa shape index (κ3) is 9.42. The molecule has 2 atom stereocenters. The maximum absolute atomic E-state index is 6.12. The molecule has 0 rings (SSSR count). The highest BCUT2D eigenvalue weighted by Crippen LogP contribution is 2.19. The zero-order valence-corrected chi connectivity index (χ0v) is 14.9. The van der Waals surface area contributed by atoms with Gasteiger partial charge in [-0.15, -0.1) is 0 Å². The summed E-state index contributed by atoms with van der Waals surface area (Å²) < 4.78 is 6.12. The van der Waals surface area contributed by atoms with Crippen molar-refractivity contribution >= 4 is 0 Å². The molecule has 0 aliphatic heterocycles. The molecule has 0 amide bonds. The molecule has 0 radical (unpaired) electrons. The summed E-state index contributed by atoms with van der Waals surface area (Å²) in [5.74, 6) is 0. The van der Waals surface area contributed by atoms with E-state index in [1.54, 1.807) is 0 Å². The van der Waals surface area contributed by atoms with Gasteiger partial charge in [0.1, 0.15) is 12.5 Å². The second kappa shape index (κ2) is 7.05. The van der Waals surface area contributed by atoms with Crippen LogP contribution in [0, 0.1) is 10.8 Å². The number of ether oxygens (including phenoxy) is 1. The molecule has 0 aliphatic carbocycles. The fourth-order valence-corrected chi connectivity index (χ4v) is 2.25. The zero-order chi connectivity index (χ0) is 15.4. The second-order valence-corrected chi connectivity index (χ2v) is 8.29. The lowest BCUT2D eigenvalue weighted by Crippen LogP contribution is -2.44. The first kappa shape index (κ1) is 18.9. The Balaban J connectivity index is 4.28. The fraction of sp³-hybridized carbons (Fsp3) is 1.00. The van der Waals surface area contributed by atoms with Crippen LogP contribution in [0.15, 0.2) is 0 Å². The normalized spacial score (nSPS) is 17.1. The average molecular weight is 272 g/mol. The Bertz CT molecular complexity index is 226. The van der Waals surface area contributed by atoms with Crippen LogP contribution in [0.5, 0.6) is 0 Å². The van der Waals surface area contributed by atoms with Gasteiger partial charge in [-0.05, 0) is 38.8 Å². The molecule has 116 valence electrons. The molecule has 0 heterocycles.